The molecule has 3 nitrogen and oxygen atoms in total. The molecule has 0 aliphatic carbocycles. The van der Waals surface area contributed by atoms with Crippen molar-refractivity contribution in [3.63, 3.8) is 0 Å². The van der Waals surface area contributed by atoms with Gasteiger partial charge in [0.25, 0.3) is 5.91 Å². The maximum atomic E-state index is 12.6. The number of H-pyrrole nitrogens is 1. The minimum absolute atomic E-state index is 0.155. The number of rotatable bonds is 1. The van der Waals surface area contributed by atoms with Gasteiger partial charge in [-0.3, -0.25) is 4.79 Å². The van der Waals surface area contributed by atoms with Crippen LogP contribution in [0, 0.1) is 0 Å². The molecule has 0 bridgehead atoms. The van der Waals surface area contributed by atoms with E-state index >= 15 is 0 Å². The largest absolute Gasteiger partial charge is 0.361 e. The van der Waals surface area contributed by atoms with Gasteiger partial charge in [-0.15, -0.1) is 0 Å². The Morgan fingerprint density at radius 2 is 2.00 bits per heavy atom. The van der Waals surface area contributed by atoms with Crippen molar-refractivity contribution in [3.8, 4) is 0 Å². The summed E-state index contributed by atoms with van der Waals surface area (Å²) in [6, 6.07) is 7.88. The zero-order chi connectivity index (χ0) is 13.4. The fourth-order valence-electron chi connectivity index (χ4n) is 2.71. The van der Waals surface area contributed by atoms with Crippen LogP contribution in [-0.2, 0) is 0 Å². The van der Waals surface area contributed by atoms with Crippen LogP contribution in [0.15, 0.2) is 30.5 Å². The van der Waals surface area contributed by atoms with Crippen LogP contribution in [0.2, 0.25) is 0 Å². The first-order chi connectivity index (χ1) is 9.13. The first-order valence-electron chi connectivity index (χ1n) is 6.65. The van der Waals surface area contributed by atoms with Crippen molar-refractivity contribution in [2.24, 2.45) is 0 Å². The van der Waals surface area contributed by atoms with Gasteiger partial charge in [-0.25, -0.2) is 0 Å². The Morgan fingerprint density at radius 1 is 1.26 bits per heavy atom. The smallest absolute Gasteiger partial charge is 0.253 e. The van der Waals surface area contributed by atoms with E-state index in [0.717, 1.165) is 29.6 Å². The van der Waals surface area contributed by atoms with Crippen molar-refractivity contribution in [1.82, 2.24) is 9.88 Å². The number of hydrogen-bond acceptors (Lipinski definition) is 2. The Hall–Kier alpha value is -1.42. The first-order valence-corrected chi connectivity index (χ1v) is 7.59. The molecule has 0 radical (unpaired) electrons. The molecule has 1 aromatic carbocycles. The molecule has 1 fully saturated rings. The van der Waals surface area contributed by atoms with Crippen LogP contribution in [0.5, 0.6) is 0 Å². The summed E-state index contributed by atoms with van der Waals surface area (Å²) in [4.78, 5) is 17.7. The van der Waals surface area contributed by atoms with Crippen molar-refractivity contribution >= 4 is 28.6 Å². The third-order valence-corrected chi connectivity index (χ3v) is 4.73. The van der Waals surface area contributed by atoms with Crippen molar-refractivity contribution in [3.05, 3.63) is 36.0 Å². The molecule has 1 N–H and O–H groups in total. The molecule has 1 amide bonds. The fraction of sp³-hybridized carbons (Fsp3) is 0.400. The second-order valence-corrected chi connectivity index (χ2v) is 7.13. The molecule has 4 heteroatoms. The van der Waals surface area contributed by atoms with Gasteiger partial charge in [0.2, 0.25) is 0 Å². The summed E-state index contributed by atoms with van der Waals surface area (Å²) in [5.74, 6) is 0.155. The van der Waals surface area contributed by atoms with Crippen molar-refractivity contribution in [2.75, 3.05) is 13.1 Å². The minimum atomic E-state index is 0.155. The normalized spacial score (nSPS) is 23.8. The van der Waals surface area contributed by atoms with Gasteiger partial charge in [-0.2, -0.15) is 11.8 Å². The van der Waals surface area contributed by atoms with Gasteiger partial charge < -0.3 is 9.88 Å². The maximum Gasteiger partial charge on any atom is 0.253 e. The predicted octanol–water partition coefficient (Wildman–Crippen LogP) is 3.13. The molecule has 2 heterocycles. The van der Waals surface area contributed by atoms with E-state index in [1.807, 2.05) is 47.1 Å². The van der Waals surface area contributed by atoms with Gasteiger partial charge in [0, 0.05) is 46.3 Å². The summed E-state index contributed by atoms with van der Waals surface area (Å²) in [5.41, 5.74) is 1.87. The number of carbonyl (C=O) groups is 1. The number of nitrogens with one attached hydrogen (secondary N) is 1. The lowest BCUT2D eigenvalue weighted by molar-refractivity contribution is 0.0753. The molecule has 19 heavy (non-hydrogen) atoms. The summed E-state index contributed by atoms with van der Waals surface area (Å²) >= 11 is 1.96. The molecule has 3 rings (SSSR count). The van der Waals surface area contributed by atoms with E-state index in [0.29, 0.717) is 10.5 Å². The summed E-state index contributed by atoms with van der Waals surface area (Å²) < 4.78 is 0. The van der Waals surface area contributed by atoms with E-state index in [-0.39, 0.29) is 5.91 Å². The lowest BCUT2D eigenvalue weighted by Crippen LogP contribution is -2.44. The molecule has 1 aliphatic rings. The quantitative estimate of drug-likeness (QED) is 0.867. The highest BCUT2D eigenvalue weighted by molar-refractivity contribution is 8.00. The molecular formula is C15H18N2OS. The van der Waals surface area contributed by atoms with Gasteiger partial charge in [-0.1, -0.05) is 13.8 Å². The summed E-state index contributed by atoms with van der Waals surface area (Å²) in [6.45, 7) is 6.07. The highest BCUT2D eigenvalue weighted by Gasteiger charge is 2.26. The van der Waals surface area contributed by atoms with Crippen LogP contribution >= 0.6 is 11.8 Å². The third-order valence-electron chi connectivity index (χ3n) is 3.51. The number of fused-ring (bicyclic) bond motifs is 1. The van der Waals surface area contributed by atoms with Crippen LogP contribution in [-0.4, -0.2) is 39.4 Å². The van der Waals surface area contributed by atoms with E-state index in [1.165, 1.54) is 0 Å². The zero-order valence-corrected chi connectivity index (χ0v) is 12.0. The topological polar surface area (TPSA) is 36.1 Å². The maximum absolute atomic E-state index is 12.6. The van der Waals surface area contributed by atoms with Gasteiger partial charge in [-0.05, 0) is 24.3 Å². The second-order valence-electron chi connectivity index (χ2n) is 5.25. The molecule has 0 saturated carbocycles. The Kier molecular flexibility index (Phi) is 3.27. The molecule has 100 valence electrons. The van der Waals surface area contributed by atoms with Crippen LogP contribution < -0.4 is 0 Å². The standard InChI is InChI=1S/C15H18N2OS/c1-10-8-17(9-11(2)19-10)15(18)13-3-4-14-12(7-13)5-6-16-14/h3-7,10-11,16H,8-9H2,1-2H3. The fourth-order valence-corrected chi connectivity index (χ4v) is 4.04. The van der Waals surface area contributed by atoms with E-state index in [4.69, 9.17) is 0 Å². The Balaban J connectivity index is 1.86. The van der Waals surface area contributed by atoms with Crippen molar-refractivity contribution in [1.29, 1.82) is 0 Å². The number of carbonyl (C=O) groups excluding carboxylic acids is 1. The lowest BCUT2D eigenvalue weighted by atomic mass is 10.1. The number of aromatic nitrogens is 1. The summed E-state index contributed by atoms with van der Waals surface area (Å²) in [7, 11) is 0. The van der Waals surface area contributed by atoms with Crippen LogP contribution in [0.4, 0.5) is 0 Å². The second kappa shape index (κ2) is 4.93. The number of hydrogen-bond donors (Lipinski definition) is 1. The SMILES string of the molecule is CC1CN(C(=O)c2ccc3[nH]ccc3c2)CC(C)S1. The lowest BCUT2D eigenvalue weighted by Gasteiger charge is -2.34. The monoisotopic (exact) mass is 274 g/mol. The average molecular weight is 274 g/mol. The van der Waals surface area contributed by atoms with E-state index in [9.17, 15) is 4.79 Å². The number of aromatic amines is 1. The van der Waals surface area contributed by atoms with Crippen LogP contribution in [0.3, 0.4) is 0 Å². The van der Waals surface area contributed by atoms with E-state index in [1.54, 1.807) is 0 Å². The highest BCUT2D eigenvalue weighted by Crippen LogP contribution is 2.26. The summed E-state index contributed by atoms with van der Waals surface area (Å²) in [6.07, 6.45) is 1.90. The van der Waals surface area contributed by atoms with Crippen molar-refractivity contribution in [2.45, 2.75) is 24.3 Å². The van der Waals surface area contributed by atoms with Gasteiger partial charge in [0.15, 0.2) is 0 Å². The minimum Gasteiger partial charge on any atom is -0.361 e. The molecule has 2 aromatic rings. The zero-order valence-electron chi connectivity index (χ0n) is 11.2. The molecule has 2 atom stereocenters. The Bertz CT molecular complexity index is 597. The Morgan fingerprint density at radius 3 is 2.74 bits per heavy atom. The number of benzene rings is 1. The molecule has 1 saturated heterocycles. The molecular weight excluding hydrogens is 256 g/mol. The van der Waals surface area contributed by atoms with E-state index in [2.05, 4.69) is 18.8 Å². The van der Waals surface area contributed by atoms with Crippen LogP contribution in [0.25, 0.3) is 10.9 Å². The molecule has 2 unspecified atom stereocenters. The van der Waals surface area contributed by atoms with Gasteiger partial charge in [0.05, 0.1) is 0 Å². The number of nitrogens with zero attached hydrogens (tertiary/aromatic N) is 1. The average Bonchev–Trinajstić information content (AvgIpc) is 2.83. The summed E-state index contributed by atoms with van der Waals surface area (Å²) in [5, 5.41) is 2.13. The number of amides is 1. The molecule has 0 spiro atoms. The molecule has 1 aromatic heterocycles. The Labute approximate surface area is 117 Å². The van der Waals surface area contributed by atoms with Gasteiger partial charge >= 0.3 is 0 Å². The third kappa shape index (κ3) is 2.50. The van der Waals surface area contributed by atoms with E-state index < -0.39 is 0 Å². The predicted molar refractivity (Wildman–Crippen MR) is 80.7 cm³/mol. The van der Waals surface area contributed by atoms with Crippen molar-refractivity contribution < 1.29 is 4.79 Å². The van der Waals surface area contributed by atoms with Crippen LogP contribution in [0.1, 0.15) is 24.2 Å². The molecule has 1 aliphatic heterocycles. The number of thioether (sulfide) groups is 1. The van der Waals surface area contributed by atoms with Gasteiger partial charge in [0.1, 0.15) is 0 Å². The highest BCUT2D eigenvalue weighted by atomic mass is 32.2. The first kappa shape index (κ1) is 12.6.